The molecule has 2 aromatic rings. The summed E-state index contributed by atoms with van der Waals surface area (Å²) in [6.45, 7) is 3.77. The number of aromatic nitrogens is 1. The molecule has 0 spiro atoms. The first kappa shape index (κ1) is 16.0. The molecule has 1 N–H and O–H groups in total. The van der Waals surface area contributed by atoms with Crippen molar-refractivity contribution in [1.82, 2.24) is 4.98 Å². The second-order valence-corrected chi connectivity index (χ2v) is 5.94. The van der Waals surface area contributed by atoms with Crippen molar-refractivity contribution >= 4 is 11.8 Å². The highest BCUT2D eigenvalue weighted by Gasteiger charge is 2.13. The third kappa shape index (κ3) is 3.65. The highest BCUT2D eigenvalue weighted by Crippen LogP contribution is 2.27. The van der Waals surface area contributed by atoms with Crippen molar-refractivity contribution < 1.29 is 5.11 Å². The fraction of sp³-hybridized carbons (Fsp3) is 0.235. The van der Waals surface area contributed by atoms with Crippen LogP contribution >= 0.6 is 11.8 Å². The Morgan fingerprint density at radius 1 is 1.18 bits per heavy atom. The fourth-order valence-electron chi connectivity index (χ4n) is 2.08. The minimum Gasteiger partial charge on any atom is -0.388 e. The van der Waals surface area contributed by atoms with Crippen molar-refractivity contribution in [3.63, 3.8) is 0 Å². The minimum atomic E-state index is -0.674. The quantitative estimate of drug-likeness (QED) is 0.877. The Kier molecular flexibility index (Phi) is 5.16. The standard InChI is InChI=1S/C17H15N3OS/c1-11-7-12(2)20-17(15(11)9-19)22-10-16(21)14-5-3-13(8-18)4-6-14/h3-7,16,21H,10H2,1-2H3. The van der Waals surface area contributed by atoms with Crippen molar-refractivity contribution in [1.29, 1.82) is 10.5 Å². The predicted molar refractivity (Wildman–Crippen MR) is 85.3 cm³/mol. The highest BCUT2D eigenvalue weighted by molar-refractivity contribution is 7.99. The summed E-state index contributed by atoms with van der Waals surface area (Å²) in [5.41, 5.74) is 3.61. The van der Waals surface area contributed by atoms with Crippen LogP contribution in [-0.4, -0.2) is 15.8 Å². The molecule has 2 rings (SSSR count). The van der Waals surface area contributed by atoms with Gasteiger partial charge in [-0.3, -0.25) is 0 Å². The van der Waals surface area contributed by atoms with Gasteiger partial charge in [0, 0.05) is 11.4 Å². The van der Waals surface area contributed by atoms with Crippen LogP contribution in [0, 0.1) is 36.5 Å². The number of hydrogen-bond donors (Lipinski definition) is 1. The number of benzene rings is 1. The molecule has 110 valence electrons. The molecule has 1 heterocycles. The largest absolute Gasteiger partial charge is 0.388 e. The van der Waals surface area contributed by atoms with E-state index >= 15 is 0 Å². The van der Waals surface area contributed by atoms with E-state index in [1.54, 1.807) is 24.3 Å². The second kappa shape index (κ2) is 7.09. The van der Waals surface area contributed by atoms with E-state index in [4.69, 9.17) is 5.26 Å². The second-order valence-electron chi connectivity index (χ2n) is 4.93. The van der Waals surface area contributed by atoms with Gasteiger partial charge in [-0.05, 0) is 43.2 Å². The molecule has 1 atom stereocenters. The van der Waals surface area contributed by atoms with E-state index in [9.17, 15) is 10.4 Å². The fourth-order valence-corrected chi connectivity index (χ4v) is 3.14. The molecule has 0 bridgehead atoms. The summed E-state index contributed by atoms with van der Waals surface area (Å²) in [5.74, 6) is 0.399. The zero-order valence-corrected chi connectivity index (χ0v) is 13.2. The van der Waals surface area contributed by atoms with Crippen LogP contribution in [0.5, 0.6) is 0 Å². The average Bonchev–Trinajstić information content (AvgIpc) is 2.52. The summed E-state index contributed by atoms with van der Waals surface area (Å²) in [4.78, 5) is 4.38. The Labute approximate surface area is 134 Å². The maximum Gasteiger partial charge on any atom is 0.114 e. The molecule has 1 unspecified atom stereocenters. The molecule has 0 amide bonds. The molecule has 4 nitrogen and oxygen atoms in total. The molecule has 0 radical (unpaired) electrons. The van der Waals surface area contributed by atoms with E-state index < -0.39 is 6.10 Å². The number of aliphatic hydroxyl groups is 1. The van der Waals surface area contributed by atoms with Gasteiger partial charge in [-0.25, -0.2) is 4.98 Å². The predicted octanol–water partition coefficient (Wildman–Crippen LogP) is 3.27. The first-order valence-corrected chi connectivity index (χ1v) is 7.73. The number of rotatable bonds is 4. The summed E-state index contributed by atoms with van der Waals surface area (Å²) in [5, 5.41) is 28.9. The van der Waals surface area contributed by atoms with Crippen LogP contribution < -0.4 is 0 Å². The molecule has 5 heteroatoms. The monoisotopic (exact) mass is 309 g/mol. The maximum atomic E-state index is 10.2. The molecule has 0 fully saturated rings. The van der Waals surface area contributed by atoms with E-state index in [2.05, 4.69) is 11.1 Å². The molecular weight excluding hydrogens is 294 g/mol. The van der Waals surface area contributed by atoms with E-state index in [-0.39, 0.29) is 0 Å². The van der Waals surface area contributed by atoms with Crippen molar-refractivity contribution in [3.05, 3.63) is 58.3 Å². The molecule has 0 saturated carbocycles. The Morgan fingerprint density at radius 3 is 2.45 bits per heavy atom. The zero-order valence-electron chi connectivity index (χ0n) is 12.4. The number of hydrogen-bond acceptors (Lipinski definition) is 5. The molecule has 22 heavy (non-hydrogen) atoms. The van der Waals surface area contributed by atoms with Crippen LogP contribution in [0.2, 0.25) is 0 Å². The molecule has 0 aliphatic rings. The third-order valence-corrected chi connectivity index (χ3v) is 4.28. The third-order valence-electron chi connectivity index (χ3n) is 3.23. The van der Waals surface area contributed by atoms with Gasteiger partial charge in [0.25, 0.3) is 0 Å². The van der Waals surface area contributed by atoms with E-state index in [1.807, 2.05) is 26.0 Å². The lowest BCUT2D eigenvalue weighted by molar-refractivity contribution is 0.204. The Balaban J connectivity index is 2.13. The van der Waals surface area contributed by atoms with Gasteiger partial charge in [0.1, 0.15) is 11.1 Å². The minimum absolute atomic E-state index is 0.399. The van der Waals surface area contributed by atoms with Crippen LogP contribution in [0.25, 0.3) is 0 Å². The van der Waals surface area contributed by atoms with Gasteiger partial charge in [-0.2, -0.15) is 10.5 Å². The zero-order chi connectivity index (χ0) is 16.1. The van der Waals surface area contributed by atoms with Gasteiger partial charge in [-0.15, -0.1) is 11.8 Å². The number of aryl methyl sites for hydroxylation is 2. The summed E-state index contributed by atoms with van der Waals surface area (Å²) in [6.07, 6.45) is -0.674. The lowest BCUT2D eigenvalue weighted by atomic mass is 10.1. The Hall–Kier alpha value is -2.34. The molecule has 0 aliphatic heterocycles. The van der Waals surface area contributed by atoms with Gasteiger partial charge in [0.15, 0.2) is 0 Å². The van der Waals surface area contributed by atoms with Crippen LogP contribution in [0.4, 0.5) is 0 Å². The molecule has 0 aliphatic carbocycles. The van der Waals surface area contributed by atoms with Crippen molar-refractivity contribution in [2.75, 3.05) is 5.75 Å². The summed E-state index contributed by atoms with van der Waals surface area (Å²) < 4.78 is 0. The van der Waals surface area contributed by atoms with Gasteiger partial charge in [0.2, 0.25) is 0 Å². The maximum absolute atomic E-state index is 10.2. The van der Waals surface area contributed by atoms with Crippen molar-refractivity contribution in [2.24, 2.45) is 0 Å². The topological polar surface area (TPSA) is 80.7 Å². The first-order valence-electron chi connectivity index (χ1n) is 6.74. The van der Waals surface area contributed by atoms with E-state index in [0.717, 1.165) is 16.8 Å². The van der Waals surface area contributed by atoms with Crippen molar-refractivity contribution in [2.45, 2.75) is 25.0 Å². The van der Waals surface area contributed by atoms with Crippen LogP contribution in [0.1, 0.15) is 34.1 Å². The summed E-state index contributed by atoms with van der Waals surface area (Å²) in [6, 6.07) is 12.9. The molecule has 1 aromatic carbocycles. The molecule has 1 aromatic heterocycles. The number of aliphatic hydroxyl groups excluding tert-OH is 1. The van der Waals surface area contributed by atoms with E-state index in [0.29, 0.717) is 21.9 Å². The van der Waals surface area contributed by atoms with Gasteiger partial charge in [-0.1, -0.05) is 12.1 Å². The van der Waals surface area contributed by atoms with Gasteiger partial charge < -0.3 is 5.11 Å². The number of pyridine rings is 1. The smallest absolute Gasteiger partial charge is 0.114 e. The SMILES string of the molecule is Cc1cc(C)c(C#N)c(SCC(O)c2ccc(C#N)cc2)n1. The molecule has 0 saturated heterocycles. The molecular formula is C17H15N3OS. The van der Waals surface area contributed by atoms with Crippen LogP contribution in [-0.2, 0) is 0 Å². The Bertz CT molecular complexity index is 757. The summed E-state index contributed by atoms with van der Waals surface area (Å²) >= 11 is 1.36. The van der Waals surface area contributed by atoms with Gasteiger partial charge in [0.05, 0.1) is 23.3 Å². The number of nitrogens with zero attached hydrogens (tertiary/aromatic N) is 3. The first-order chi connectivity index (χ1) is 10.5. The van der Waals surface area contributed by atoms with Crippen molar-refractivity contribution in [3.8, 4) is 12.1 Å². The lowest BCUT2D eigenvalue weighted by Gasteiger charge is -2.12. The number of nitriles is 2. The van der Waals surface area contributed by atoms with Gasteiger partial charge >= 0.3 is 0 Å². The highest BCUT2D eigenvalue weighted by atomic mass is 32.2. The van der Waals surface area contributed by atoms with E-state index in [1.165, 1.54) is 11.8 Å². The number of thioether (sulfide) groups is 1. The Morgan fingerprint density at radius 2 is 1.86 bits per heavy atom. The normalized spacial score (nSPS) is 11.5. The summed E-state index contributed by atoms with van der Waals surface area (Å²) in [7, 11) is 0. The average molecular weight is 309 g/mol. The van der Waals surface area contributed by atoms with Crippen LogP contribution in [0.3, 0.4) is 0 Å². The lowest BCUT2D eigenvalue weighted by Crippen LogP contribution is -2.02. The van der Waals surface area contributed by atoms with Crippen LogP contribution in [0.15, 0.2) is 35.4 Å².